The van der Waals surface area contributed by atoms with Gasteiger partial charge in [-0.05, 0) is 37.3 Å². The minimum absolute atomic E-state index is 0.244. The van der Waals surface area contributed by atoms with E-state index in [1.54, 1.807) is 24.3 Å². The molecule has 1 N–H and O–H groups in total. The van der Waals surface area contributed by atoms with E-state index in [9.17, 15) is 13.2 Å². The summed E-state index contributed by atoms with van der Waals surface area (Å²) < 4.78 is 32.1. The van der Waals surface area contributed by atoms with Crippen LogP contribution in [0.3, 0.4) is 0 Å². The number of hydrogen-bond acceptors (Lipinski definition) is 4. The highest BCUT2D eigenvalue weighted by Gasteiger charge is 2.21. The van der Waals surface area contributed by atoms with Gasteiger partial charge in [-0.25, -0.2) is 0 Å². The average Bonchev–Trinajstić information content (AvgIpc) is 2.66. The van der Waals surface area contributed by atoms with Gasteiger partial charge in [0, 0.05) is 38.8 Å². The molecular weight excluding hydrogens is 366 g/mol. The maximum absolute atomic E-state index is 12.4. The minimum atomic E-state index is -3.57. The summed E-state index contributed by atoms with van der Waals surface area (Å²) in [7, 11) is 0.832. The van der Waals surface area contributed by atoms with Crippen LogP contribution in [0.2, 0.25) is 0 Å². The summed E-state index contributed by atoms with van der Waals surface area (Å²) in [5, 5.41) is 2.85. The van der Waals surface area contributed by atoms with Crippen LogP contribution in [-0.2, 0) is 16.8 Å². The zero-order valence-corrected chi connectivity index (χ0v) is 16.8. The first-order valence-corrected chi connectivity index (χ1v) is 9.92. The van der Waals surface area contributed by atoms with Crippen molar-refractivity contribution in [2.75, 3.05) is 32.1 Å². The van der Waals surface area contributed by atoms with Gasteiger partial charge in [-0.3, -0.25) is 9.10 Å². The third-order valence-corrected chi connectivity index (χ3v) is 5.84. The molecule has 0 bridgehead atoms. The van der Waals surface area contributed by atoms with E-state index in [1.807, 2.05) is 31.2 Å². The predicted octanol–water partition coefficient (Wildman–Crippen LogP) is 2.26. The SMILES string of the molecule is CCOc1ccccc1CNC(=O)c1ccc(N(C)S(=O)(=O)N(C)C)cc1. The highest BCUT2D eigenvalue weighted by molar-refractivity contribution is 7.90. The van der Waals surface area contributed by atoms with Crippen LogP contribution in [0.1, 0.15) is 22.8 Å². The van der Waals surface area contributed by atoms with E-state index in [2.05, 4.69) is 5.32 Å². The Bertz CT molecular complexity index is 880. The monoisotopic (exact) mass is 391 g/mol. The van der Waals surface area contributed by atoms with E-state index in [4.69, 9.17) is 4.74 Å². The first kappa shape index (κ1) is 20.7. The van der Waals surface area contributed by atoms with Gasteiger partial charge in [-0.15, -0.1) is 0 Å². The number of carbonyl (C=O) groups excluding carboxylic acids is 1. The quantitative estimate of drug-likeness (QED) is 0.749. The number of carbonyl (C=O) groups is 1. The lowest BCUT2D eigenvalue weighted by molar-refractivity contribution is 0.0950. The highest BCUT2D eigenvalue weighted by atomic mass is 32.2. The van der Waals surface area contributed by atoms with Gasteiger partial charge in [0.1, 0.15) is 5.75 Å². The molecule has 7 nitrogen and oxygen atoms in total. The highest BCUT2D eigenvalue weighted by Crippen LogP contribution is 2.19. The molecule has 2 rings (SSSR count). The van der Waals surface area contributed by atoms with Crippen molar-refractivity contribution in [2.45, 2.75) is 13.5 Å². The van der Waals surface area contributed by atoms with Crippen molar-refractivity contribution >= 4 is 21.8 Å². The molecule has 0 aliphatic carbocycles. The van der Waals surface area contributed by atoms with E-state index < -0.39 is 10.2 Å². The number of anilines is 1. The second-order valence-corrected chi connectivity index (χ2v) is 8.20. The number of benzene rings is 2. The third-order valence-electron chi connectivity index (χ3n) is 4.01. The number of rotatable bonds is 8. The first-order chi connectivity index (χ1) is 12.8. The van der Waals surface area contributed by atoms with E-state index in [1.165, 1.54) is 21.1 Å². The van der Waals surface area contributed by atoms with Crippen LogP contribution >= 0.6 is 0 Å². The lowest BCUT2D eigenvalue weighted by Gasteiger charge is -2.23. The summed E-state index contributed by atoms with van der Waals surface area (Å²) in [6, 6.07) is 13.9. The minimum Gasteiger partial charge on any atom is -0.494 e. The number of nitrogens with zero attached hydrogens (tertiary/aromatic N) is 2. The average molecular weight is 391 g/mol. The Balaban J connectivity index is 2.06. The number of nitrogens with one attached hydrogen (secondary N) is 1. The van der Waals surface area contributed by atoms with Gasteiger partial charge in [0.05, 0.1) is 12.3 Å². The zero-order chi connectivity index (χ0) is 20.0. The standard InChI is InChI=1S/C19H25N3O4S/c1-5-26-18-9-7-6-8-16(18)14-20-19(23)15-10-12-17(13-11-15)22(4)27(24,25)21(2)3/h6-13H,5,14H2,1-4H3,(H,20,23). The fourth-order valence-electron chi connectivity index (χ4n) is 2.42. The zero-order valence-electron chi connectivity index (χ0n) is 16.0. The Morgan fingerprint density at radius 3 is 2.26 bits per heavy atom. The van der Waals surface area contributed by atoms with E-state index >= 15 is 0 Å². The number of ether oxygens (including phenoxy) is 1. The Labute approximate surface area is 160 Å². The molecule has 0 aromatic heterocycles. The summed E-state index contributed by atoms with van der Waals surface area (Å²) in [4.78, 5) is 12.4. The second-order valence-electron chi connectivity index (χ2n) is 6.03. The van der Waals surface area contributed by atoms with Crippen molar-refractivity contribution in [3.05, 3.63) is 59.7 Å². The Hall–Kier alpha value is -2.58. The molecule has 0 fully saturated rings. The molecule has 27 heavy (non-hydrogen) atoms. The van der Waals surface area contributed by atoms with Crippen molar-refractivity contribution in [3.63, 3.8) is 0 Å². The molecular formula is C19H25N3O4S. The van der Waals surface area contributed by atoms with Crippen LogP contribution in [0.15, 0.2) is 48.5 Å². The normalized spacial score (nSPS) is 11.3. The van der Waals surface area contributed by atoms with Crippen LogP contribution in [0.25, 0.3) is 0 Å². The molecule has 0 radical (unpaired) electrons. The molecule has 0 unspecified atom stereocenters. The molecule has 2 aromatic carbocycles. The van der Waals surface area contributed by atoms with E-state index in [0.717, 1.165) is 19.9 Å². The van der Waals surface area contributed by atoms with Gasteiger partial charge in [0.25, 0.3) is 5.91 Å². The molecule has 0 atom stereocenters. The van der Waals surface area contributed by atoms with Crippen molar-refractivity contribution in [3.8, 4) is 5.75 Å². The summed E-state index contributed by atoms with van der Waals surface area (Å²) in [6.07, 6.45) is 0. The number of amides is 1. The molecule has 0 aliphatic rings. The molecule has 0 saturated heterocycles. The van der Waals surface area contributed by atoms with Crippen molar-refractivity contribution in [1.29, 1.82) is 0 Å². The fourth-order valence-corrected chi connectivity index (χ4v) is 3.30. The molecule has 1 amide bonds. The summed E-state index contributed by atoms with van der Waals surface area (Å²) >= 11 is 0. The van der Waals surface area contributed by atoms with Gasteiger partial charge in [-0.1, -0.05) is 18.2 Å². The van der Waals surface area contributed by atoms with Gasteiger partial charge >= 0.3 is 10.2 Å². The van der Waals surface area contributed by atoms with Crippen LogP contribution in [0.5, 0.6) is 5.75 Å². The Kier molecular flexibility index (Phi) is 6.81. The molecule has 2 aromatic rings. The second kappa shape index (κ2) is 8.88. The Morgan fingerprint density at radius 1 is 1.04 bits per heavy atom. The number of hydrogen-bond donors (Lipinski definition) is 1. The first-order valence-electron chi connectivity index (χ1n) is 8.52. The Morgan fingerprint density at radius 2 is 1.67 bits per heavy atom. The molecule has 0 spiro atoms. The fraction of sp³-hybridized carbons (Fsp3) is 0.316. The molecule has 0 heterocycles. The summed E-state index contributed by atoms with van der Waals surface area (Å²) in [5.41, 5.74) is 1.81. The molecule has 8 heteroatoms. The largest absolute Gasteiger partial charge is 0.494 e. The van der Waals surface area contributed by atoms with E-state index in [-0.39, 0.29) is 5.91 Å². The van der Waals surface area contributed by atoms with Crippen molar-refractivity contribution < 1.29 is 17.9 Å². The smallest absolute Gasteiger partial charge is 0.303 e. The van der Waals surface area contributed by atoms with Crippen LogP contribution in [-0.4, -0.2) is 46.4 Å². The van der Waals surface area contributed by atoms with Gasteiger partial charge < -0.3 is 10.1 Å². The van der Waals surface area contributed by atoms with Gasteiger partial charge in [0.15, 0.2) is 0 Å². The predicted molar refractivity (Wildman–Crippen MR) is 106 cm³/mol. The van der Waals surface area contributed by atoms with Crippen LogP contribution in [0.4, 0.5) is 5.69 Å². The van der Waals surface area contributed by atoms with Crippen LogP contribution < -0.4 is 14.4 Å². The summed E-state index contributed by atoms with van der Waals surface area (Å²) in [5.74, 6) is 0.497. The van der Waals surface area contributed by atoms with Gasteiger partial charge in [-0.2, -0.15) is 12.7 Å². The van der Waals surface area contributed by atoms with Crippen molar-refractivity contribution in [1.82, 2.24) is 9.62 Å². The summed E-state index contributed by atoms with van der Waals surface area (Å²) in [6.45, 7) is 2.80. The molecule has 0 saturated carbocycles. The van der Waals surface area contributed by atoms with Crippen LogP contribution in [0, 0.1) is 0 Å². The molecule has 0 aliphatic heterocycles. The molecule has 146 valence electrons. The topological polar surface area (TPSA) is 79.0 Å². The van der Waals surface area contributed by atoms with Gasteiger partial charge in [0.2, 0.25) is 0 Å². The maximum atomic E-state index is 12.4. The lowest BCUT2D eigenvalue weighted by Crippen LogP contribution is -2.37. The maximum Gasteiger partial charge on any atom is 0.303 e. The van der Waals surface area contributed by atoms with E-state index in [0.29, 0.717) is 24.4 Å². The van der Waals surface area contributed by atoms with Crippen molar-refractivity contribution in [2.24, 2.45) is 0 Å². The number of para-hydroxylation sites is 1. The third kappa shape index (κ3) is 4.99. The lowest BCUT2D eigenvalue weighted by atomic mass is 10.1.